The van der Waals surface area contributed by atoms with E-state index >= 15 is 0 Å². The van der Waals surface area contributed by atoms with Gasteiger partial charge in [0.1, 0.15) is 5.75 Å². The third-order valence-corrected chi connectivity index (χ3v) is 4.40. The molecule has 2 rings (SSSR count). The molecule has 5 nitrogen and oxygen atoms in total. The van der Waals surface area contributed by atoms with E-state index in [4.69, 9.17) is 9.47 Å². The monoisotopic (exact) mass is 368 g/mol. The molecule has 0 aliphatic heterocycles. The molecule has 2 aromatic rings. The van der Waals surface area contributed by atoms with Crippen molar-refractivity contribution in [2.75, 3.05) is 6.61 Å². The number of benzene rings is 2. The van der Waals surface area contributed by atoms with E-state index in [9.17, 15) is 14.4 Å². The van der Waals surface area contributed by atoms with Crippen LogP contribution in [0.25, 0.3) is 0 Å². The minimum absolute atomic E-state index is 0.0464. The van der Waals surface area contributed by atoms with Gasteiger partial charge >= 0.3 is 5.97 Å². The van der Waals surface area contributed by atoms with Crippen molar-refractivity contribution < 1.29 is 23.9 Å². The number of ketones is 2. The van der Waals surface area contributed by atoms with Crippen molar-refractivity contribution in [2.45, 2.75) is 40.7 Å². The van der Waals surface area contributed by atoms with Crippen molar-refractivity contribution in [2.24, 2.45) is 0 Å². The second-order valence-electron chi connectivity index (χ2n) is 6.62. The Balaban J connectivity index is 1.94. The molecule has 0 aliphatic rings. The van der Waals surface area contributed by atoms with Crippen LogP contribution in [0.3, 0.4) is 0 Å². The molecule has 27 heavy (non-hydrogen) atoms. The average molecular weight is 368 g/mol. The fourth-order valence-electron chi connectivity index (χ4n) is 2.66. The van der Waals surface area contributed by atoms with Gasteiger partial charge in [0.15, 0.2) is 18.5 Å². The topological polar surface area (TPSA) is 69.7 Å². The SMILES string of the molecule is CC(=O)c1ccc(OCC(=O)O[C@H](C)C(=O)c2cc(C)c(C)cc2C)cc1. The molecule has 0 aliphatic carbocycles. The van der Waals surface area contributed by atoms with Crippen LogP contribution in [0, 0.1) is 20.8 Å². The van der Waals surface area contributed by atoms with Gasteiger partial charge in [-0.25, -0.2) is 4.79 Å². The van der Waals surface area contributed by atoms with Crippen LogP contribution in [0.2, 0.25) is 0 Å². The molecular formula is C22H24O5. The first-order valence-corrected chi connectivity index (χ1v) is 8.74. The quantitative estimate of drug-likeness (QED) is 0.546. The van der Waals surface area contributed by atoms with E-state index < -0.39 is 12.1 Å². The van der Waals surface area contributed by atoms with Crippen molar-refractivity contribution in [3.05, 3.63) is 64.2 Å². The third kappa shape index (κ3) is 5.26. The molecule has 2 aromatic carbocycles. The molecule has 0 saturated carbocycles. The third-order valence-electron chi connectivity index (χ3n) is 4.40. The van der Waals surface area contributed by atoms with Crippen LogP contribution in [-0.2, 0) is 9.53 Å². The van der Waals surface area contributed by atoms with Crippen LogP contribution >= 0.6 is 0 Å². The Morgan fingerprint density at radius 1 is 0.926 bits per heavy atom. The van der Waals surface area contributed by atoms with Gasteiger partial charge in [-0.15, -0.1) is 0 Å². The molecule has 142 valence electrons. The van der Waals surface area contributed by atoms with E-state index in [0.717, 1.165) is 16.7 Å². The number of carbonyl (C=O) groups excluding carboxylic acids is 3. The van der Waals surface area contributed by atoms with Crippen molar-refractivity contribution in [1.29, 1.82) is 0 Å². The van der Waals surface area contributed by atoms with E-state index in [1.807, 2.05) is 32.9 Å². The first-order valence-electron chi connectivity index (χ1n) is 8.74. The normalized spacial score (nSPS) is 11.6. The van der Waals surface area contributed by atoms with Gasteiger partial charge in [0.25, 0.3) is 0 Å². The van der Waals surface area contributed by atoms with E-state index in [0.29, 0.717) is 16.9 Å². The van der Waals surface area contributed by atoms with Crippen molar-refractivity contribution in [3.63, 3.8) is 0 Å². The summed E-state index contributed by atoms with van der Waals surface area (Å²) >= 11 is 0. The van der Waals surface area contributed by atoms with E-state index in [1.165, 1.54) is 6.92 Å². The van der Waals surface area contributed by atoms with Crippen LogP contribution in [0.5, 0.6) is 5.75 Å². The molecule has 1 atom stereocenters. The molecule has 0 bridgehead atoms. The highest BCUT2D eigenvalue weighted by Gasteiger charge is 2.22. The van der Waals surface area contributed by atoms with Crippen LogP contribution in [0.15, 0.2) is 36.4 Å². The highest BCUT2D eigenvalue weighted by Crippen LogP contribution is 2.18. The zero-order valence-corrected chi connectivity index (χ0v) is 16.3. The molecule has 0 heterocycles. The second-order valence-corrected chi connectivity index (χ2v) is 6.62. The Hall–Kier alpha value is -2.95. The molecular weight excluding hydrogens is 344 g/mol. The summed E-state index contributed by atoms with van der Waals surface area (Å²) < 4.78 is 10.6. The number of hydrogen-bond donors (Lipinski definition) is 0. The van der Waals surface area contributed by atoms with Crippen LogP contribution in [-0.4, -0.2) is 30.2 Å². The highest BCUT2D eigenvalue weighted by molar-refractivity contribution is 6.01. The maximum Gasteiger partial charge on any atom is 0.344 e. The first-order chi connectivity index (χ1) is 12.7. The molecule has 0 fully saturated rings. The van der Waals surface area contributed by atoms with Crippen molar-refractivity contribution in [1.82, 2.24) is 0 Å². The summed E-state index contributed by atoms with van der Waals surface area (Å²) in [5.41, 5.74) is 4.09. The lowest BCUT2D eigenvalue weighted by Gasteiger charge is -2.15. The van der Waals surface area contributed by atoms with Crippen LogP contribution in [0.4, 0.5) is 0 Å². The first kappa shape index (κ1) is 20.4. The van der Waals surface area contributed by atoms with Gasteiger partial charge in [-0.1, -0.05) is 6.07 Å². The number of esters is 1. The van der Waals surface area contributed by atoms with Gasteiger partial charge < -0.3 is 9.47 Å². The minimum Gasteiger partial charge on any atom is -0.482 e. The maximum atomic E-state index is 12.6. The standard InChI is InChI=1S/C22H24O5/c1-13-10-15(3)20(11-14(13)2)22(25)17(5)27-21(24)12-26-19-8-6-18(7-9-19)16(4)23/h6-11,17H,12H2,1-5H3/t17-/m1/s1. The van der Waals surface area contributed by atoms with Gasteiger partial charge in [-0.2, -0.15) is 0 Å². The van der Waals surface area contributed by atoms with Crippen molar-refractivity contribution in [3.8, 4) is 5.75 Å². The predicted octanol–water partition coefficient (Wildman–Crippen LogP) is 4.01. The highest BCUT2D eigenvalue weighted by atomic mass is 16.6. The van der Waals surface area contributed by atoms with Gasteiger partial charge in [0.05, 0.1) is 0 Å². The minimum atomic E-state index is -0.901. The summed E-state index contributed by atoms with van der Waals surface area (Å²) in [6.45, 7) is 8.50. The van der Waals surface area contributed by atoms with E-state index in [2.05, 4.69) is 0 Å². The molecule has 0 N–H and O–H groups in total. The summed E-state index contributed by atoms with van der Waals surface area (Å²) in [7, 11) is 0. The summed E-state index contributed by atoms with van der Waals surface area (Å²) in [6, 6.07) is 10.2. The number of hydrogen-bond acceptors (Lipinski definition) is 5. The molecule has 0 unspecified atom stereocenters. The largest absolute Gasteiger partial charge is 0.482 e. The average Bonchev–Trinajstić information content (AvgIpc) is 2.62. The Bertz CT molecular complexity index is 865. The Labute approximate surface area is 159 Å². The second kappa shape index (κ2) is 8.62. The van der Waals surface area contributed by atoms with Gasteiger partial charge in [-0.3, -0.25) is 9.59 Å². The molecule has 0 saturated heterocycles. The van der Waals surface area contributed by atoms with Crippen LogP contribution in [0.1, 0.15) is 51.3 Å². The van der Waals surface area contributed by atoms with Gasteiger partial charge in [0, 0.05) is 11.1 Å². The fourth-order valence-corrected chi connectivity index (χ4v) is 2.66. The lowest BCUT2D eigenvalue weighted by atomic mass is 9.96. The Morgan fingerprint density at radius 2 is 1.52 bits per heavy atom. The van der Waals surface area contributed by atoms with Gasteiger partial charge in [0.2, 0.25) is 5.78 Å². The molecule has 0 radical (unpaired) electrons. The summed E-state index contributed by atoms with van der Waals surface area (Å²) in [6.07, 6.45) is -0.901. The van der Waals surface area contributed by atoms with Crippen molar-refractivity contribution >= 4 is 17.5 Å². The van der Waals surface area contributed by atoms with Gasteiger partial charge in [-0.05, 0) is 81.6 Å². The molecule has 0 aromatic heterocycles. The Morgan fingerprint density at radius 3 is 2.11 bits per heavy atom. The predicted molar refractivity (Wildman–Crippen MR) is 102 cm³/mol. The van der Waals surface area contributed by atoms with Crippen LogP contribution < -0.4 is 4.74 Å². The summed E-state index contributed by atoms with van der Waals surface area (Å²) in [5.74, 6) is -0.474. The summed E-state index contributed by atoms with van der Waals surface area (Å²) in [5, 5.41) is 0. The zero-order valence-electron chi connectivity index (χ0n) is 16.3. The number of Topliss-reactive ketones (excluding diaryl/α,β-unsaturated/α-hetero) is 2. The molecule has 0 spiro atoms. The number of carbonyl (C=O) groups is 3. The maximum absolute atomic E-state index is 12.6. The lowest BCUT2D eigenvalue weighted by Crippen LogP contribution is -2.27. The summed E-state index contributed by atoms with van der Waals surface area (Å²) in [4.78, 5) is 35.8. The fraction of sp³-hybridized carbons (Fsp3) is 0.318. The number of ether oxygens (including phenoxy) is 2. The molecule has 0 amide bonds. The number of rotatable bonds is 7. The lowest BCUT2D eigenvalue weighted by molar-refractivity contribution is -0.148. The molecule has 5 heteroatoms. The van der Waals surface area contributed by atoms with E-state index in [-0.39, 0.29) is 18.2 Å². The van der Waals surface area contributed by atoms with E-state index in [1.54, 1.807) is 31.2 Å². The number of aryl methyl sites for hydroxylation is 3. The Kier molecular flexibility index (Phi) is 6.50. The smallest absolute Gasteiger partial charge is 0.344 e. The zero-order chi connectivity index (χ0) is 20.1.